The first-order valence-electron chi connectivity index (χ1n) is 10.6. The molecular formula is C24H23N5O2S. The standard InChI is InChI=1S/C24H23N5O2S/c1-16(23(30)26-20-10-9-17-5-2-6-18(17)13-20)32-24-28-27-22(19-7-3-11-25-14-19)29(24)15-21-8-4-12-31-21/h3-4,7-14,16H,2,5-6,15H2,1H3,(H,26,30)/t16-/m0/s1. The Kier molecular flexibility index (Phi) is 5.77. The molecule has 0 saturated heterocycles. The number of carbonyl (C=O) groups excluding carboxylic acids is 1. The lowest BCUT2D eigenvalue weighted by Gasteiger charge is -2.14. The van der Waals surface area contributed by atoms with Crippen LogP contribution in [0.4, 0.5) is 5.69 Å². The first kappa shape index (κ1) is 20.5. The SMILES string of the molecule is C[C@H](Sc1nnc(-c2cccnc2)n1Cc1ccco1)C(=O)Nc1ccc2c(c1)CCC2. The summed E-state index contributed by atoms with van der Waals surface area (Å²) in [4.78, 5) is 17.1. The molecule has 1 amide bonds. The number of carbonyl (C=O) groups is 1. The van der Waals surface area contributed by atoms with Crippen molar-refractivity contribution in [1.29, 1.82) is 0 Å². The Morgan fingerprint density at radius 3 is 2.91 bits per heavy atom. The highest BCUT2D eigenvalue weighted by Crippen LogP contribution is 2.29. The average molecular weight is 446 g/mol. The molecule has 32 heavy (non-hydrogen) atoms. The number of nitrogens with zero attached hydrogens (tertiary/aromatic N) is 4. The molecule has 0 radical (unpaired) electrons. The molecule has 0 spiro atoms. The first-order chi connectivity index (χ1) is 15.7. The molecule has 1 atom stereocenters. The third kappa shape index (κ3) is 4.31. The molecule has 0 unspecified atom stereocenters. The molecule has 0 bridgehead atoms. The van der Waals surface area contributed by atoms with Crippen LogP contribution in [0.3, 0.4) is 0 Å². The number of thioether (sulfide) groups is 1. The minimum Gasteiger partial charge on any atom is -0.467 e. The van der Waals surface area contributed by atoms with E-state index in [4.69, 9.17) is 4.42 Å². The molecule has 8 heteroatoms. The summed E-state index contributed by atoms with van der Waals surface area (Å²) in [6.07, 6.45) is 8.50. The number of hydrogen-bond acceptors (Lipinski definition) is 6. The predicted molar refractivity (Wildman–Crippen MR) is 123 cm³/mol. The smallest absolute Gasteiger partial charge is 0.237 e. The van der Waals surface area contributed by atoms with Gasteiger partial charge in [0.1, 0.15) is 5.76 Å². The molecule has 0 saturated carbocycles. The number of benzene rings is 1. The van der Waals surface area contributed by atoms with Crippen LogP contribution in [0.15, 0.2) is 70.7 Å². The third-order valence-electron chi connectivity index (χ3n) is 5.55. The molecule has 1 aromatic carbocycles. The zero-order valence-corrected chi connectivity index (χ0v) is 18.5. The summed E-state index contributed by atoms with van der Waals surface area (Å²) in [6.45, 7) is 2.34. The van der Waals surface area contributed by atoms with Gasteiger partial charge < -0.3 is 9.73 Å². The Balaban J connectivity index is 1.35. The molecule has 1 aliphatic rings. The normalized spacial score (nSPS) is 13.7. The van der Waals surface area contributed by atoms with Crippen LogP contribution in [0, 0.1) is 0 Å². The number of fused-ring (bicyclic) bond motifs is 1. The number of pyridine rings is 1. The van der Waals surface area contributed by atoms with Crippen molar-refractivity contribution in [2.24, 2.45) is 0 Å². The van der Waals surface area contributed by atoms with Gasteiger partial charge in [0, 0.05) is 23.6 Å². The van der Waals surface area contributed by atoms with Crippen molar-refractivity contribution in [1.82, 2.24) is 19.7 Å². The van der Waals surface area contributed by atoms with Crippen molar-refractivity contribution >= 4 is 23.4 Å². The summed E-state index contributed by atoms with van der Waals surface area (Å²) in [6, 6.07) is 13.8. The van der Waals surface area contributed by atoms with Crippen LogP contribution in [0.1, 0.15) is 30.2 Å². The molecular weight excluding hydrogens is 422 g/mol. The molecule has 1 N–H and O–H groups in total. The van der Waals surface area contributed by atoms with Crippen LogP contribution in [0.5, 0.6) is 0 Å². The summed E-state index contributed by atoms with van der Waals surface area (Å²) < 4.78 is 7.50. The molecule has 162 valence electrons. The minimum absolute atomic E-state index is 0.0663. The molecule has 1 aliphatic carbocycles. The fraction of sp³-hybridized carbons (Fsp3) is 0.250. The zero-order valence-electron chi connectivity index (χ0n) is 17.7. The van der Waals surface area contributed by atoms with Crippen molar-refractivity contribution in [3.05, 3.63) is 78.0 Å². The molecule has 3 heterocycles. The lowest BCUT2D eigenvalue weighted by molar-refractivity contribution is -0.115. The van der Waals surface area contributed by atoms with Crippen LogP contribution < -0.4 is 5.32 Å². The van der Waals surface area contributed by atoms with Gasteiger partial charge >= 0.3 is 0 Å². The number of hydrogen-bond donors (Lipinski definition) is 1. The van der Waals surface area contributed by atoms with E-state index in [0.717, 1.165) is 29.9 Å². The number of rotatable bonds is 7. The van der Waals surface area contributed by atoms with Crippen molar-refractivity contribution in [2.45, 2.75) is 43.1 Å². The highest BCUT2D eigenvalue weighted by molar-refractivity contribution is 8.00. The second kappa shape index (κ2) is 9.00. The van der Waals surface area contributed by atoms with E-state index in [1.165, 1.54) is 29.3 Å². The van der Waals surface area contributed by atoms with Gasteiger partial charge in [0.25, 0.3) is 0 Å². The zero-order chi connectivity index (χ0) is 21.9. The maximum absolute atomic E-state index is 12.9. The Labute approximate surface area is 190 Å². The van der Waals surface area contributed by atoms with E-state index in [1.54, 1.807) is 18.7 Å². The van der Waals surface area contributed by atoms with E-state index in [-0.39, 0.29) is 11.2 Å². The lowest BCUT2D eigenvalue weighted by Crippen LogP contribution is -2.23. The second-order valence-corrected chi connectivity index (χ2v) is 9.11. The van der Waals surface area contributed by atoms with Crippen molar-refractivity contribution in [3.8, 4) is 11.4 Å². The van der Waals surface area contributed by atoms with Gasteiger partial charge in [-0.25, -0.2) is 0 Å². The molecule has 0 fully saturated rings. The van der Waals surface area contributed by atoms with E-state index in [0.29, 0.717) is 17.5 Å². The largest absolute Gasteiger partial charge is 0.467 e. The summed E-state index contributed by atoms with van der Waals surface area (Å²) >= 11 is 1.38. The number of anilines is 1. The summed E-state index contributed by atoms with van der Waals surface area (Å²) in [5.74, 6) is 1.40. The van der Waals surface area contributed by atoms with E-state index < -0.39 is 0 Å². The molecule has 5 rings (SSSR count). The van der Waals surface area contributed by atoms with Crippen LogP contribution in [-0.4, -0.2) is 30.9 Å². The van der Waals surface area contributed by atoms with Crippen LogP contribution in [0.25, 0.3) is 11.4 Å². The Morgan fingerprint density at radius 2 is 2.09 bits per heavy atom. The van der Waals surface area contributed by atoms with Gasteiger partial charge in [-0.2, -0.15) is 0 Å². The van der Waals surface area contributed by atoms with E-state index in [9.17, 15) is 4.79 Å². The predicted octanol–water partition coefficient (Wildman–Crippen LogP) is 4.59. The fourth-order valence-corrected chi connectivity index (χ4v) is 4.74. The number of amides is 1. The molecule has 0 aliphatic heterocycles. The van der Waals surface area contributed by atoms with Gasteiger partial charge in [-0.05, 0) is 73.7 Å². The van der Waals surface area contributed by atoms with E-state index in [2.05, 4.69) is 32.6 Å². The lowest BCUT2D eigenvalue weighted by atomic mass is 10.1. The maximum atomic E-state index is 12.9. The first-order valence-corrected chi connectivity index (χ1v) is 11.5. The number of aromatic nitrogens is 4. The minimum atomic E-state index is -0.357. The summed E-state index contributed by atoms with van der Waals surface area (Å²) in [7, 11) is 0. The van der Waals surface area contributed by atoms with Crippen LogP contribution in [0.2, 0.25) is 0 Å². The number of furan rings is 1. The van der Waals surface area contributed by atoms with Gasteiger partial charge in [-0.15, -0.1) is 10.2 Å². The Bertz CT molecular complexity index is 1220. The monoisotopic (exact) mass is 445 g/mol. The van der Waals surface area contributed by atoms with Gasteiger partial charge in [-0.3, -0.25) is 14.3 Å². The maximum Gasteiger partial charge on any atom is 0.237 e. The number of nitrogens with one attached hydrogen (secondary N) is 1. The highest BCUT2D eigenvalue weighted by atomic mass is 32.2. The second-order valence-electron chi connectivity index (χ2n) is 7.80. The topological polar surface area (TPSA) is 85.8 Å². The number of aryl methyl sites for hydroxylation is 2. The van der Waals surface area contributed by atoms with E-state index >= 15 is 0 Å². The van der Waals surface area contributed by atoms with Crippen molar-refractivity contribution < 1.29 is 9.21 Å². The Hall–Kier alpha value is -3.39. The van der Waals surface area contributed by atoms with Crippen molar-refractivity contribution in [2.75, 3.05) is 5.32 Å². The van der Waals surface area contributed by atoms with Gasteiger partial charge in [0.2, 0.25) is 5.91 Å². The summed E-state index contributed by atoms with van der Waals surface area (Å²) in [5, 5.41) is 12.1. The van der Waals surface area contributed by atoms with Crippen molar-refractivity contribution in [3.63, 3.8) is 0 Å². The highest BCUT2D eigenvalue weighted by Gasteiger charge is 2.22. The van der Waals surface area contributed by atoms with Gasteiger partial charge in [-0.1, -0.05) is 17.8 Å². The fourth-order valence-electron chi connectivity index (χ4n) is 3.89. The van der Waals surface area contributed by atoms with Gasteiger partial charge in [0.15, 0.2) is 11.0 Å². The molecule has 3 aromatic heterocycles. The van der Waals surface area contributed by atoms with Crippen LogP contribution in [-0.2, 0) is 24.2 Å². The quantitative estimate of drug-likeness (QED) is 0.419. The molecule has 7 nitrogen and oxygen atoms in total. The Morgan fingerprint density at radius 1 is 1.19 bits per heavy atom. The average Bonchev–Trinajstić information content (AvgIpc) is 3.56. The van der Waals surface area contributed by atoms with Crippen LogP contribution >= 0.6 is 11.8 Å². The molecule has 4 aromatic rings. The third-order valence-corrected chi connectivity index (χ3v) is 6.63. The van der Waals surface area contributed by atoms with Gasteiger partial charge in [0.05, 0.1) is 18.1 Å². The summed E-state index contributed by atoms with van der Waals surface area (Å²) in [5.41, 5.74) is 4.42. The van der Waals surface area contributed by atoms with E-state index in [1.807, 2.05) is 41.8 Å².